The molecule has 2 unspecified atom stereocenters. The van der Waals surface area contributed by atoms with Crippen LogP contribution < -0.4 is 0 Å². The first-order chi connectivity index (χ1) is 7.04. The van der Waals surface area contributed by atoms with Gasteiger partial charge in [-0.05, 0) is 24.8 Å². The third-order valence-electron chi connectivity index (χ3n) is 3.52. The van der Waals surface area contributed by atoms with E-state index >= 15 is 0 Å². The molecule has 2 atom stereocenters. The number of benzene rings is 1. The highest BCUT2D eigenvalue weighted by atomic mass is 16.3. The van der Waals surface area contributed by atoms with Gasteiger partial charge in [0.2, 0.25) is 0 Å². The number of hydrogen-bond donors (Lipinski definition) is 1. The van der Waals surface area contributed by atoms with Gasteiger partial charge in [-0.2, -0.15) is 0 Å². The van der Waals surface area contributed by atoms with E-state index in [4.69, 9.17) is 0 Å². The lowest BCUT2D eigenvalue weighted by molar-refractivity contribution is -0.0224. The van der Waals surface area contributed by atoms with E-state index in [1.165, 1.54) is 5.56 Å². The summed E-state index contributed by atoms with van der Waals surface area (Å²) < 4.78 is 0. The lowest BCUT2D eigenvalue weighted by Gasteiger charge is -2.33. The molecule has 0 aromatic heterocycles. The zero-order valence-electron chi connectivity index (χ0n) is 10.2. The molecule has 1 heteroatoms. The van der Waals surface area contributed by atoms with Crippen LogP contribution in [0.4, 0.5) is 0 Å². The van der Waals surface area contributed by atoms with Gasteiger partial charge in [-0.15, -0.1) is 0 Å². The van der Waals surface area contributed by atoms with Crippen LogP contribution in [0, 0.1) is 12.8 Å². The minimum absolute atomic E-state index is 0.296. The molecule has 84 valence electrons. The molecule has 0 amide bonds. The highest BCUT2D eigenvalue weighted by Gasteiger charge is 2.32. The van der Waals surface area contributed by atoms with Crippen molar-refractivity contribution in [2.45, 2.75) is 46.1 Å². The van der Waals surface area contributed by atoms with Gasteiger partial charge in [-0.3, -0.25) is 0 Å². The van der Waals surface area contributed by atoms with E-state index in [1.807, 2.05) is 19.1 Å². The molecule has 0 fully saturated rings. The Morgan fingerprint density at radius 1 is 1.20 bits per heavy atom. The Morgan fingerprint density at radius 3 is 2.13 bits per heavy atom. The molecular formula is C14H22O. The standard InChI is InChI=1S/C14H22O/c1-5-12(4)14(15,6-2)13-9-7-11(3)8-10-13/h7-10,12,15H,5-6H2,1-4H3. The highest BCUT2D eigenvalue weighted by molar-refractivity contribution is 5.27. The monoisotopic (exact) mass is 206 g/mol. The minimum atomic E-state index is -0.664. The molecule has 0 bridgehead atoms. The van der Waals surface area contributed by atoms with Crippen LogP contribution in [0.5, 0.6) is 0 Å². The van der Waals surface area contributed by atoms with Gasteiger partial charge < -0.3 is 5.11 Å². The van der Waals surface area contributed by atoms with E-state index in [2.05, 4.69) is 32.9 Å². The second-order valence-electron chi connectivity index (χ2n) is 4.45. The van der Waals surface area contributed by atoms with Gasteiger partial charge >= 0.3 is 0 Å². The molecule has 1 rings (SSSR count). The molecule has 0 aliphatic carbocycles. The fourth-order valence-corrected chi connectivity index (χ4v) is 2.02. The van der Waals surface area contributed by atoms with Crippen molar-refractivity contribution in [3.63, 3.8) is 0 Å². The van der Waals surface area contributed by atoms with Crippen molar-refractivity contribution in [1.82, 2.24) is 0 Å². The summed E-state index contributed by atoms with van der Waals surface area (Å²) in [6, 6.07) is 8.23. The van der Waals surface area contributed by atoms with Crippen molar-refractivity contribution < 1.29 is 5.11 Å². The molecule has 0 aliphatic rings. The van der Waals surface area contributed by atoms with Crippen molar-refractivity contribution in [3.05, 3.63) is 35.4 Å². The van der Waals surface area contributed by atoms with Gasteiger partial charge in [0.25, 0.3) is 0 Å². The van der Waals surface area contributed by atoms with Crippen molar-refractivity contribution in [2.75, 3.05) is 0 Å². The molecule has 0 aliphatic heterocycles. The molecule has 0 saturated heterocycles. The van der Waals surface area contributed by atoms with Crippen LogP contribution in [0.3, 0.4) is 0 Å². The largest absolute Gasteiger partial charge is 0.385 e. The van der Waals surface area contributed by atoms with Gasteiger partial charge in [0.05, 0.1) is 5.60 Å². The fourth-order valence-electron chi connectivity index (χ4n) is 2.02. The van der Waals surface area contributed by atoms with Gasteiger partial charge in [-0.1, -0.05) is 57.0 Å². The SMILES string of the molecule is CCC(C)C(O)(CC)c1ccc(C)cc1. The van der Waals surface area contributed by atoms with Crippen LogP contribution in [0.25, 0.3) is 0 Å². The Bertz CT molecular complexity index is 302. The molecular weight excluding hydrogens is 184 g/mol. The maximum absolute atomic E-state index is 10.7. The van der Waals surface area contributed by atoms with E-state index in [9.17, 15) is 5.11 Å². The normalized spacial score (nSPS) is 17.1. The van der Waals surface area contributed by atoms with Crippen LogP contribution in [-0.4, -0.2) is 5.11 Å². The van der Waals surface area contributed by atoms with Crippen LogP contribution in [-0.2, 0) is 5.60 Å². The molecule has 1 nitrogen and oxygen atoms in total. The van der Waals surface area contributed by atoms with E-state index in [0.29, 0.717) is 5.92 Å². The summed E-state index contributed by atoms with van der Waals surface area (Å²) in [7, 11) is 0. The van der Waals surface area contributed by atoms with Gasteiger partial charge in [0.1, 0.15) is 0 Å². The minimum Gasteiger partial charge on any atom is -0.385 e. The second kappa shape index (κ2) is 4.80. The van der Waals surface area contributed by atoms with Crippen LogP contribution >= 0.6 is 0 Å². The number of aryl methyl sites for hydroxylation is 1. The van der Waals surface area contributed by atoms with Crippen LogP contribution in [0.15, 0.2) is 24.3 Å². The van der Waals surface area contributed by atoms with Crippen LogP contribution in [0.2, 0.25) is 0 Å². The van der Waals surface area contributed by atoms with E-state index < -0.39 is 5.60 Å². The fraction of sp³-hybridized carbons (Fsp3) is 0.571. The van der Waals surface area contributed by atoms with Crippen molar-refractivity contribution >= 4 is 0 Å². The maximum atomic E-state index is 10.7. The van der Waals surface area contributed by atoms with Gasteiger partial charge in [0, 0.05) is 0 Å². The predicted molar refractivity (Wildman–Crippen MR) is 64.8 cm³/mol. The summed E-state index contributed by atoms with van der Waals surface area (Å²) in [5, 5.41) is 10.7. The molecule has 0 radical (unpaired) electrons. The maximum Gasteiger partial charge on any atom is 0.0919 e. The molecule has 1 aromatic rings. The van der Waals surface area contributed by atoms with Crippen LogP contribution in [0.1, 0.15) is 44.7 Å². The number of rotatable bonds is 4. The second-order valence-corrected chi connectivity index (χ2v) is 4.45. The lowest BCUT2D eigenvalue weighted by atomic mass is 9.79. The predicted octanol–water partition coefficient (Wildman–Crippen LogP) is 3.64. The molecule has 0 spiro atoms. The van der Waals surface area contributed by atoms with E-state index in [1.54, 1.807) is 0 Å². The Kier molecular flexibility index (Phi) is 3.92. The quantitative estimate of drug-likeness (QED) is 0.797. The lowest BCUT2D eigenvalue weighted by Crippen LogP contribution is -2.32. The summed E-state index contributed by atoms with van der Waals surface area (Å²) in [6.07, 6.45) is 1.77. The summed E-state index contributed by atoms with van der Waals surface area (Å²) in [5.41, 5.74) is 1.62. The Morgan fingerprint density at radius 2 is 1.73 bits per heavy atom. The molecule has 0 saturated carbocycles. The Labute approximate surface area is 93.1 Å². The molecule has 1 N–H and O–H groups in total. The highest BCUT2D eigenvalue weighted by Crippen LogP contribution is 2.34. The Hall–Kier alpha value is -0.820. The first kappa shape index (κ1) is 12.3. The zero-order chi connectivity index (χ0) is 11.5. The summed E-state index contributed by atoms with van der Waals surface area (Å²) in [4.78, 5) is 0. The van der Waals surface area contributed by atoms with Crippen molar-refractivity contribution in [3.8, 4) is 0 Å². The first-order valence-corrected chi connectivity index (χ1v) is 5.84. The van der Waals surface area contributed by atoms with Gasteiger partial charge in [-0.25, -0.2) is 0 Å². The summed E-state index contributed by atoms with van der Waals surface area (Å²) in [6.45, 7) is 8.35. The third kappa shape index (κ3) is 2.40. The van der Waals surface area contributed by atoms with E-state index in [0.717, 1.165) is 18.4 Å². The summed E-state index contributed by atoms with van der Waals surface area (Å²) in [5.74, 6) is 0.296. The van der Waals surface area contributed by atoms with Crippen molar-refractivity contribution in [1.29, 1.82) is 0 Å². The first-order valence-electron chi connectivity index (χ1n) is 5.84. The number of aliphatic hydroxyl groups is 1. The van der Waals surface area contributed by atoms with E-state index in [-0.39, 0.29) is 0 Å². The smallest absolute Gasteiger partial charge is 0.0919 e. The average Bonchev–Trinajstić information content (AvgIpc) is 2.27. The average molecular weight is 206 g/mol. The Balaban J connectivity index is 3.05. The number of hydrogen-bond acceptors (Lipinski definition) is 1. The topological polar surface area (TPSA) is 20.2 Å². The molecule has 0 heterocycles. The molecule has 15 heavy (non-hydrogen) atoms. The zero-order valence-corrected chi connectivity index (χ0v) is 10.2. The van der Waals surface area contributed by atoms with Gasteiger partial charge in [0.15, 0.2) is 0 Å². The van der Waals surface area contributed by atoms with Crippen molar-refractivity contribution in [2.24, 2.45) is 5.92 Å². The third-order valence-corrected chi connectivity index (χ3v) is 3.52. The molecule has 1 aromatic carbocycles. The summed E-state index contributed by atoms with van der Waals surface area (Å²) >= 11 is 0.